The van der Waals surface area contributed by atoms with E-state index < -0.39 is 0 Å². The fraction of sp³-hybridized carbons (Fsp3) is 0.478. The van der Waals surface area contributed by atoms with Gasteiger partial charge in [0.1, 0.15) is 5.75 Å². The molecule has 4 rings (SSSR count). The molecule has 2 aliphatic rings. The number of nitrogens with zero attached hydrogens (tertiary/aromatic N) is 3. The molecule has 0 saturated carbocycles. The lowest BCUT2D eigenvalue weighted by Crippen LogP contribution is -2.47. The van der Waals surface area contributed by atoms with Gasteiger partial charge in [-0.1, -0.05) is 11.2 Å². The second-order valence-corrected chi connectivity index (χ2v) is 8.14. The Morgan fingerprint density at radius 3 is 2.61 bits per heavy atom. The SMILES string of the molecule is Cc1ccc(Oc2cc(/C(=N/O)N3C(C)CCCC3C)ccn2)c2c1CCC2. The van der Waals surface area contributed by atoms with Gasteiger partial charge in [0.05, 0.1) is 0 Å². The summed E-state index contributed by atoms with van der Waals surface area (Å²) < 4.78 is 6.19. The lowest BCUT2D eigenvalue weighted by atomic mass is 9.96. The lowest BCUT2D eigenvalue weighted by Gasteiger charge is -2.40. The molecule has 2 aromatic rings. The third kappa shape index (κ3) is 3.46. The van der Waals surface area contributed by atoms with Crippen molar-refractivity contribution in [2.75, 3.05) is 0 Å². The molecule has 5 heteroatoms. The second kappa shape index (κ2) is 7.82. The average molecular weight is 380 g/mol. The van der Waals surface area contributed by atoms with Crippen LogP contribution in [0.5, 0.6) is 11.6 Å². The summed E-state index contributed by atoms with van der Waals surface area (Å²) in [6, 6.07) is 8.62. The maximum atomic E-state index is 9.79. The number of ether oxygens (including phenoxy) is 1. The van der Waals surface area contributed by atoms with E-state index in [-0.39, 0.29) is 0 Å². The Labute approximate surface area is 167 Å². The molecule has 1 saturated heterocycles. The average Bonchev–Trinajstić information content (AvgIpc) is 3.18. The smallest absolute Gasteiger partial charge is 0.219 e. The molecule has 0 amide bonds. The maximum absolute atomic E-state index is 9.79. The zero-order valence-corrected chi connectivity index (χ0v) is 17.0. The molecule has 1 aliphatic carbocycles. The van der Waals surface area contributed by atoms with Crippen LogP contribution in [0.25, 0.3) is 0 Å². The van der Waals surface area contributed by atoms with Gasteiger partial charge in [-0.15, -0.1) is 0 Å². The van der Waals surface area contributed by atoms with E-state index in [9.17, 15) is 5.21 Å². The summed E-state index contributed by atoms with van der Waals surface area (Å²) in [6.45, 7) is 6.54. The fourth-order valence-corrected chi connectivity index (χ4v) is 4.76. The third-order valence-corrected chi connectivity index (χ3v) is 6.22. The van der Waals surface area contributed by atoms with E-state index in [1.54, 1.807) is 6.20 Å². The minimum absolute atomic E-state index is 0.340. The van der Waals surface area contributed by atoms with Gasteiger partial charge in [0.15, 0.2) is 5.84 Å². The number of pyridine rings is 1. The molecule has 2 heterocycles. The number of amidine groups is 1. The lowest BCUT2D eigenvalue weighted by molar-refractivity contribution is 0.181. The maximum Gasteiger partial charge on any atom is 0.219 e. The predicted molar refractivity (Wildman–Crippen MR) is 110 cm³/mol. The van der Waals surface area contributed by atoms with Crippen LogP contribution in [0.1, 0.15) is 61.8 Å². The Balaban J connectivity index is 1.62. The van der Waals surface area contributed by atoms with Gasteiger partial charge in [-0.2, -0.15) is 0 Å². The molecule has 1 aromatic heterocycles. The molecule has 0 spiro atoms. The van der Waals surface area contributed by atoms with Gasteiger partial charge in [0.25, 0.3) is 0 Å². The Bertz CT molecular complexity index is 883. The van der Waals surface area contributed by atoms with Crippen molar-refractivity contribution in [2.24, 2.45) is 5.16 Å². The van der Waals surface area contributed by atoms with Crippen molar-refractivity contribution in [3.05, 3.63) is 52.7 Å². The van der Waals surface area contributed by atoms with E-state index in [4.69, 9.17) is 4.74 Å². The minimum Gasteiger partial charge on any atom is -0.439 e. The number of oxime groups is 1. The highest BCUT2D eigenvalue weighted by molar-refractivity contribution is 5.99. The summed E-state index contributed by atoms with van der Waals surface area (Å²) in [4.78, 5) is 6.62. The van der Waals surface area contributed by atoms with Crippen LogP contribution in [0.4, 0.5) is 0 Å². The molecular formula is C23H29N3O2. The number of hydrogen-bond acceptors (Lipinski definition) is 4. The number of rotatable bonds is 3. The quantitative estimate of drug-likeness (QED) is 0.350. The van der Waals surface area contributed by atoms with Crippen molar-refractivity contribution in [2.45, 2.75) is 71.4 Å². The number of benzene rings is 1. The van der Waals surface area contributed by atoms with E-state index in [2.05, 4.69) is 41.9 Å². The first-order valence-electron chi connectivity index (χ1n) is 10.3. The van der Waals surface area contributed by atoms with Gasteiger partial charge in [0.2, 0.25) is 5.88 Å². The van der Waals surface area contributed by atoms with Crippen LogP contribution in [0, 0.1) is 6.92 Å². The molecule has 1 N–H and O–H groups in total. The highest BCUT2D eigenvalue weighted by Gasteiger charge is 2.29. The number of aryl methyl sites for hydroxylation is 1. The zero-order chi connectivity index (χ0) is 19.7. The van der Waals surface area contributed by atoms with Crippen LogP contribution in [0.15, 0.2) is 35.6 Å². The van der Waals surface area contributed by atoms with Crippen molar-refractivity contribution in [1.82, 2.24) is 9.88 Å². The number of hydrogen-bond donors (Lipinski definition) is 1. The van der Waals surface area contributed by atoms with Crippen molar-refractivity contribution in [1.29, 1.82) is 0 Å². The van der Waals surface area contributed by atoms with Crippen molar-refractivity contribution < 1.29 is 9.94 Å². The number of likely N-dealkylation sites (tertiary alicyclic amines) is 1. The predicted octanol–water partition coefficient (Wildman–Crippen LogP) is 5.07. The van der Waals surface area contributed by atoms with Gasteiger partial charge in [-0.05, 0) is 88.1 Å². The van der Waals surface area contributed by atoms with E-state index >= 15 is 0 Å². The van der Waals surface area contributed by atoms with Gasteiger partial charge >= 0.3 is 0 Å². The van der Waals surface area contributed by atoms with Gasteiger partial charge < -0.3 is 14.8 Å². The van der Waals surface area contributed by atoms with Crippen LogP contribution >= 0.6 is 0 Å². The van der Waals surface area contributed by atoms with Crippen LogP contribution < -0.4 is 4.74 Å². The van der Waals surface area contributed by atoms with Crippen LogP contribution in [-0.4, -0.2) is 33.0 Å². The van der Waals surface area contributed by atoms with Gasteiger partial charge in [0, 0.05) is 29.9 Å². The molecule has 0 bridgehead atoms. The first-order valence-corrected chi connectivity index (χ1v) is 10.3. The molecule has 5 nitrogen and oxygen atoms in total. The van der Waals surface area contributed by atoms with Crippen molar-refractivity contribution >= 4 is 5.84 Å². The molecule has 0 radical (unpaired) electrons. The van der Waals surface area contributed by atoms with E-state index in [0.717, 1.165) is 37.0 Å². The molecule has 2 unspecified atom stereocenters. The minimum atomic E-state index is 0.340. The van der Waals surface area contributed by atoms with Crippen LogP contribution in [-0.2, 0) is 12.8 Å². The van der Waals surface area contributed by atoms with Crippen LogP contribution in [0.3, 0.4) is 0 Å². The highest BCUT2D eigenvalue weighted by Crippen LogP contribution is 2.35. The van der Waals surface area contributed by atoms with Gasteiger partial charge in [-0.25, -0.2) is 4.98 Å². The van der Waals surface area contributed by atoms with E-state index in [0.29, 0.717) is 23.8 Å². The summed E-state index contributed by atoms with van der Waals surface area (Å²) in [5.41, 5.74) is 4.89. The summed E-state index contributed by atoms with van der Waals surface area (Å²) in [6.07, 6.45) is 8.50. The van der Waals surface area contributed by atoms with E-state index in [1.807, 2.05) is 18.2 Å². The summed E-state index contributed by atoms with van der Waals surface area (Å²) in [5, 5.41) is 13.4. The molecule has 148 valence electrons. The van der Waals surface area contributed by atoms with E-state index in [1.165, 1.54) is 29.5 Å². The molecule has 28 heavy (non-hydrogen) atoms. The number of piperidine rings is 1. The van der Waals surface area contributed by atoms with Crippen molar-refractivity contribution in [3.8, 4) is 11.6 Å². The Morgan fingerprint density at radius 2 is 1.86 bits per heavy atom. The highest BCUT2D eigenvalue weighted by atomic mass is 16.5. The Morgan fingerprint density at radius 1 is 1.11 bits per heavy atom. The fourth-order valence-electron chi connectivity index (χ4n) is 4.76. The number of aromatic nitrogens is 1. The van der Waals surface area contributed by atoms with Gasteiger partial charge in [-0.3, -0.25) is 0 Å². The molecular weight excluding hydrogens is 350 g/mol. The Hall–Kier alpha value is -2.56. The monoisotopic (exact) mass is 379 g/mol. The largest absolute Gasteiger partial charge is 0.439 e. The molecule has 1 fully saturated rings. The normalized spacial score (nSPS) is 22.2. The Kier molecular flexibility index (Phi) is 5.25. The summed E-state index contributed by atoms with van der Waals surface area (Å²) in [7, 11) is 0. The third-order valence-electron chi connectivity index (χ3n) is 6.22. The molecule has 1 aromatic carbocycles. The molecule has 1 aliphatic heterocycles. The topological polar surface area (TPSA) is 58.0 Å². The first-order chi connectivity index (χ1) is 13.6. The summed E-state index contributed by atoms with van der Waals surface area (Å²) in [5.74, 6) is 2.03. The van der Waals surface area contributed by atoms with Crippen LogP contribution in [0.2, 0.25) is 0 Å². The number of fused-ring (bicyclic) bond motifs is 1. The van der Waals surface area contributed by atoms with Crippen molar-refractivity contribution in [3.63, 3.8) is 0 Å². The zero-order valence-electron chi connectivity index (χ0n) is 17.0. The molecule has 2 atom stereocenters. The summed E-state index contributed by atoms with van der Waals surface area (Å²) >= 11 is 0. The first kappa shape index (κ1) is 18.8. The second-order valence-electron chi connectivity index (χ2n) is 8.14. The standard InChI is InChI=1S/C23H29N3O2/c1-15-10-11-21(20-9-5-8-19(15)20)28-22-14-18(12-13-24-22)23(25-27)26-16(2)6-4-7-17(26)3/h10-14,16-17,27H,4-9H2,1-3H3/b25-23-.